The summed E-state index contributed by atoms with van der Waals surface area (Å²) in [6, 6.07) is 4.56. The molecule has 0 bridgehead atoms. The van der Waals surface area contributed by atoms with E-state index < -0.39 is 0 Å². The zero-order valence-electron chi connectivity index (χ0n) is 8.52. The van der Waals surface area contributed by atoms with Gasteiger partial charge in [0.05, 0.1) is 4.47 Å². The van der Waals surface area contributed by atoms with E-state index in [9.17, 15) is 4.39 Å². The van der Waals surface area contributed by atoms with Crippen LogP contribution >= 0.6 is 31.9 Å². The van der Waals surface area contributed by atoms with Gasteiger partial charge < -0.3 is 0 Å². The van der Waals surface area contributed by atoms with Crippen molar-refractivity contribution in [2.24, 2.45) is 0 Å². The molecule has 1 aromatic carbocycles. The number of halogens is 3. The van der Waals surface area contributed by atoms with Gasteiger partial charge in [-0.15, -0.1) is 0 Å². The number of hydrogen-bond donors (Lipinski definition) is 1. The molecule has 0 fully saturated rings. The van der Waals surface area contributed by atoms with Crippen LogP contribution in [0.25, 0.3) is 11.3 Å². The van der Waals surface area contributed by atoms with E-state index in [4.69, 9.17) is 0 Å². The normalized spacial score (nSPS) is 10.8. The molecule has 2 nitrogen and oxygen atoms in total. The molecule has 1 N–H and O–H groups in total. The monoisotopic (exact) mass is 346 g/mol. The van der Waals surface area contributed by atoms with Crippen LogP contribution in [0.4, 0.5) is 4.39 Å². The Morgan fingerprint density at radius 3 is 2.69 bits per heavy atom. The second-order valence-corrected chi connectivity index (χ2v) is 4.99. The fraction of sp³-hybridized carbons (Fsp3) is 0.182. The topological polar surface area (TPSA) is 28.7 Å². The minimum Gasteiger partial charge on any atom is -0.281 e. The molecule has 0 aliphatic rings. The van der Waals surface area contributed by atoms with Gasteiger partial charge in [-0.25, -0.2) is 4.39 Å². The Hall–Kier alpha value is -0.680. The van der Waals surface area contributed by atoms with Crippen LogP contribution in [0.1, 0.15) is 12.6 Å². The molecule has 0 saturated heterocycles. The number of aromatic nitrogens is 2. The molecular weight excluding hydrogens is 339 g/mol. The molecule has 84 valence electrons. The number of nitrogens with one attached hydrogen (secondary N) is 1. The van der Waals surface area contributed by atoms with Gasteiger partial charge in [-0.2, -0.15) is 5.10 Å². The molecule has 0 spiro atoms. The fourth-order valence-corrected chi connectivity index (χ4v) is 2.67. The molecule has 0 atom stereocenters. The first-order valence-corrected chi connectivity index (χ1v) is 6.40. The number of nitrogens with zero attached hydrogens (tertiary/aromatic N) is 1. The van der Waals surface area contributed by atoms with Crippen molar-refractivity contribution in [2.45, 2.75) is 13.3 Å². The van der Waals surface area contributed by atoms with E-state index >= 15 is 0 Å². The Bertz CT molecular complexity index is 523. The molecule has 16 heavy (non-hydrogen) atoms. The molecule has 0 radical (unpaired) electrons. The van der Waals surface area contributed by atoms with E-state index in [-0.39, 0.29) is 5.82 Å². The lowest BCUT2D eigenvalue weighted by atomic mass is 10.1. The van der Waals surface area contributed by atoms with Gasteiger partial charge in [0.2, 0.25) is 0 Å². The Kier molecular flexibility index (Phi) is 3.44. The molecule has 0 saturated carbocycles. The summed E-state index contributed by atoms with van der Waals surface area (Å²) in [5.41, 5.74) is 2.69. The molecule has 5 heteroatoms. The molecule has 0 aliphatic carbocycles. The molecular formula is C11H9Br2FN2. The number of aryl methyl sites for hydroxylation is 1. The smallest absolute Gasteiger partial charge is 0.124 e. The van der Waals surface area contributed by atoms with Gasteiger partial charge in [0, 0.05) is 15.7 Å². The van der Waals surface area contributed by atoms with Crippen LogP contribution in [0, 0.1) is 5.82 Å². The van der Waals surface area contributed by atoms with Crippen LogP contribution in [-0.4, -0.2) is 10.2 Å². The summed E-state index contributed by atoms with van der Waals surface area (Å²) >= 11 is 6.83. The van der Waals surface area contributed by atoms with Gasteiger partial charge >= 0.3 is 0 Å². The summed E-state index contributed by atoms with van der Waals surface area (Å²) in [5, 5.41) is 7.18. The van der Waals surface area contributed by atoms with E-state index in [0.717, 1.165) is 27.8 Å². The van der Waals surface area contributed by atoms with E-state index in [1.807, 2.05) is 6.92 Å². The highest BCUT2D eigenvalue weighted by atomic mass is 79.9. The third-order valence-electron chi connectivity index (χ3n) is 2.32. The number of aromatic amines is 1. The van der Waals surface area contributed by atoms with Crippen molar-refractivity contribution < 1.29 is 4.39 Å². The predicted octanol–water partition coefficient (Wildman–Crippen LogP) is 4.30. The van der Waals surface area contributed by atoms with Crippen molar-refractivity contribution in [3.63, 3.8) is 0 Å². The number of rotatable bonds is 2. The average Bonchev–Trinajstić information content (AvgIpc) is 2.60. The molecule has 0 unspecified atom stereocenters. The Morgan fingerprint density at radius 1 is 1.38 bits per heavy atom. The molecule has 0 aliphatic heterocycles. The third-order valence-corrected chi connectivity index (χ3v) is 3.83. The van der Waals surface area contributed by atoms with Crippen LogP contribution in [-0.2, 0) is 6.42 Å². The minimum absolute atomic E-state index is 0.266. The summed E-state index contributed by atoms with van der Waals surface area (Å²) < 4.78 is 14.6. The summed E-state index contributed by atoms with van der Waals surface area (Å²) in [4.78, 5) is 0. The summed E-state index contributed by atoms with van der Waals surface area (Å²) in [6.45, 7) is 2.04. The zero-order chi connectivity index (χ0) is 11.7. The zero-order valence-corrected chi connectivity index (χ0v) is 11.7. The summed E-state index contributed by atoms with van der Waals surface area (Å²) in [5.74, 6) is -0.266. The lowest BCUT2D eigenvalue weighted by Gasteiger charge is -2.01. The lowest BCUT2D eigenvalue weighted by molar-refractivity contribution is 0.627. The average molecular weight is 348 g/mol. The van der Waals surface area contributed by atoms with E-state index in [0.29, 0.717) is 4.47 Å². The summed E-state index contributed by atoms with van der Waals surface area (Å²) in [6.07, 6.45) is 0.867. The van der Waals surface area contributed by atoms with Crippen molar-refractivity contribution in [3.05, 3.63) is 38.7 Å². The van der Waals surface area contributed by atoms with Gasteiger partial charge in [0.15, 0.2) is 0 Å². The van der Waals surface area contributed by atoms with Crippen molar-refractivity contribution in [1.29, 1.82) is 0 Å². The maximum atomic E-state index is 13.0. The SMILES string of the molecule is CCc1[nH]nc(-c2ccc(F)cc2Br)c1Br. The Morgan fingerprint density at radius 2 is 2.12 bits per heavy atom. The lowest BCUT2D eigenvalue weighted by Crippen LogP contribution is -1.83. The number of benzene rings is 1. The largest absolute Gasteiger partial charge is 0.281 e. The molecule has 2 rings (SSSR count). The first-order valence-electron chi connectivity index (χ1n) is 4.81. The van der Waals surface area contributed by atoms with Crippen molar-refractivity contribution in [3.8, 4) is 11.3 Å². The fourth-order valence-electron chi connectivity index (χ4n) is 1.46. The standard InChI is InChI=1S/C11H9Br2FN2/c1-2-9-10(13)11(16-15-9)7-4-3-6(14)5-8(7)12/h3-5H,2H2,1H3,(H,15,16). The highest BCUT2D eigenvalue weighted by Gasteiger charge is 2.13. The van der Waals surface area contributed by atoms with E-state index in [2.05, 4.69) is 42.1 Å². The van der Waals surface area contributed by atoms with Gasteiger partial charge in [-0.1, -0.05) is 6.92 Å². The Labute approximate surface area is 110 Å². The molecule has 1 aromatic heterocycles. The maximum Gasteiger partial charge on any atom is 0.124 e. The van der Waals surface area contributed by atoms with Crippen LogP contribution in [0.2, 0.25) is 0 Å². The van der Waals surface area contributed by atoms with Crippen molar-refractivity contribution in [1.82, 2.24) is 10.2 Å². The number of H-pyrrole nitrogens is 1. The number of hydrogen-bond acceptors (Lipinski definition) is 1. The minimum atomic E-state index is -0.266. The highest BCUT2D eigenvalue weighted by molar-refractivity contribution is 9.11. The van der Waals surface area contributed by atoms with Gasteiger partial charge in [0.25, 0.3) is 0 Å². The van der Waals surface area contributed by atoms with Gasteiger partial charge in [0.1, 0.15) is 11.5 Å². The van der Waals surface area contributed by atoms with Crippen LogP contribution in [0.5, 0.6) is 0 Å². The molecule has 2 aromatic rings. The predicted molar refractivity (Wildman–Crippen MR) is 68.8 cm³/mol. The first kappa shape index (κ1) is 11.8. The van der Waals surface area contributed by atoms with E-state index in [1.165, 1.54) is 12.1 Å². The quantitative estimate of drug-likeness (QED) is 0.861. The van der Waals surface area contributed by atoms with Gasteiger partial charge in [-0.3, -0.25) is 5.10 Å². The summed E-state index contributed by atoms with van der Waals surface area (Å²) in [7, 11) is 0. The first-order chi connectivity index (χ1) is 7.63. The van der Waals surface area contributed by atoms with Crippen LogP contribution < -0.4 is 0 Å². The van der Waals surface area contributed by atoms with Crippen LogP contribution in [0.15, 0.2) is 27.1 Å². The highest BCUT2D eigenvalue weighted by Crippen LogP contribution is 2.34. The third kappa shape index (κ3) is 2.06. The van der Waals surface area contributed by atoms with Crippen molar-refractivity contribution >= 4 is 31.9 Å². The second kappa shape index (κ2) is 4.67. The van der Waals surface area contributed by atoms with E-state index in [1.54, 1.807) is 6.07 Å². The second-order valence-electron chi connectivity index (χ2n) is 3.34. The van der Waals surface area contributed by atoms with Gasteiger partial charge in [-0.05, 0) is 56.5 Å². The van der Waals surface area contributed by atoms with Crippen molar-refractivity contribution in [2.75, 3.05) is 0 Å². The maximum absolute atomic E-state index is 13.0. The van der Waals surface area contributed by atoms with Crippen LogP contribution in [0.3, 0.4) is 0 Å². The molecule has 1 heterocycles. The molecule has 0 amide bonds. The Balaban J connectivity index is 2.54.